The van der Waals surface area contributed by atoms with Crippen LogP contribution in [0.5, 0.6) is 0 Å². The van der Waals surface area contributed by atoms with Crippen molar-refractivity contribution < 1.29 is 9.59 Å². The highest BCUT2D eigenvalue weighted by atomic mass is 35.5. The van der Waals surface area contributed by atoms with Gasteiger partial charge in [0.1, 0.15) is 12.1 Å². The monoisotopic (exact) mass is 200 g/mol. The zero-order valence-electron chi connectivity index (χ0n) is 7.68. The second kappa shape index (κ2) is 2.57. The highest BCUT2D eigenvalue weighted by molar-refractivity contribution is 6.21. The van der Waals surface area contributed by atoms with E-state index in [9.17, 15) is 9.59 Å². The molecule has 13 heavy (non-hydrogen) atoms. The minimum absolute atomic E-state index is 0.202. The van der Waals surface area contributed by atoms with E-state index < -0.39 is 10.8 Å². The van der Waals surface area contributed by atoms with Crippen molar-refractivity contribution >= 4 is 23.7 Å². The quantitative estimate of drug-likeness (QED) is 0.503. The summed E-state index contributed by atoms with van der Waals surface area (Å²) in [5.41, 5.74) is -1.01. The van der Waals surface area contributed by atoms with Crippen molar-refractivity contribution in [2.75, 3.05) is 5.88 Å². The van der Waals surface area contributed by atoms with Crippen LogP contribution in [-0.4, -0.2) is 17.9 Å². The summed E-state index contributed by atoms with van der Waals surface area (Å²) in [6.45, 7) is 1.89. The molecule has 2 aliphatic carbocycles. The molecule has 0 aliphatic heterocycles. The number of alkyl halides is 1. The van der Waals surface area contributed by atoms with Crippen molar-refractivity contribution in [3.63, 3.8) is 0 Å². The second-order valence-corrected chi connectivity index (χ2v) is 4.75. The Morgan fingerprint density at radius 3 is 2.77 bits per heavy atom. The van der Waals surface area contributed by atoms with Crippen molar-refractivity contribution in [1.82, 2.24) is 0 Å². The molecule has 0 aromatic carbocycles. The van der Waals surface area contributed by atoms with Gasteiger partial charge in [0.2, 0.25) is 0 Å². The summed E-state index contributed by atoms with van der Waals surface area (Å²) in [6.07, 6.45) is 3.29. The molecule has 0 aromatic rings. The lowest BCUT2D eigenvalue weighted by molar-refractivity contribution is -0.132. The number of hydrogen-bond donors (Lipinski definition) is 0. The maximum absolute atomic E-state index is 11.7. The lowest BCUT2D eigenvalue weighted by Crippen LogP contribution is -2.40. The topological polar surface area (TPSA) is 34.1 Å². The van der Waals surface area contributed by atoms with Crippen molar-refractivity contribution in [1.29, 1.82) is 0 Å². The van der Waals surface area contributed by atoms with E-state index in [4.69, 9.17) is 11.6 Å². The van der Waals surface area contributed by atoms with Gasteiger partial charge in [0, 0.05) is 17.7 Å². The molecule has 2 rings (SSSR count). The highest BCUT2D eigenvalue weighted by Gasteiger charge is 2.66. The van der Waals surface area contributed by atoms with Crippen LogP contribution in [0.15, 0.2) is 0 Å². The predicted molar refractivity (Wildman–Crippen MR) is 49.7 cm³/mol. The molecule has 3 unspecified atom stereocenters. The summed E-state index contributed by atoms with van der Waals surface area (Å²) in [7, 11) is 0. The molecular weight excluding hydrogens is 188 g/mol. The molecule has 3 heteroatoms. The van der Waals surface area contributed by atoms with E-state index in [0.717, 1.165) is 19.1 Å². The Balaban J connectivity index is 2.51. The van der Waals surface area contributed by atoms with E-state index in [-0.39, 0.29) is 11.7 Å². The Morgan fingerprint density at radius 2 is 2.38 bits per heavy atom. The first-order valence-corrected chi connectivity index (χ1v) is 5.20. The summed E-state index contributed by atoms with van der Waals surface area (Å²) in [4.78, 5) is 22.8. The standard InChI is InChI=1S/C10H13ClO2/c1-9(6-12)7-2-3-10(9,5-11)8(13)4-7/h6-7H,2-5H2,1H3. The van der Waals surface area contributed by atoms with Gasteiger partial charge in [0.25, 0.3) is 0 Å². The van der Waals surface area contributed by atoms with E-state index in [1.807, 2.05) is 6.92 Å². The number of ketones is 1. The average Bonchev–Trinajstić information content (AvgIpc) is 2.53. The van der Waals surface area contributed by atoms with Gasteiger partial charge in [-0.3, -0.25) is 4.79 Å². The van der Waals surface area contributed by atoms with Gasteiger partial charge in [-0.05, 0) is 18.8 Å². The number of hydrogen-bond acceptors (Lipinski definition) is 2. The second-order valence-electron chi connectivity index (χ2n) is 4.48. The van der Waals surface area contributed by atoms with E-state index >= 15 is 0 Å². The normalized spacial score (nSPS) is 48.5. The molecule has 0 saturated heterocycles. The van der Waals surface area contributed by atoms with E-state index in [1.165, 1.54) is 0 Å². The molecule has 0 radical (unpaired) electrons. The Labute approximate surface area is 82.6 Å². The van der Waals surface area contributed by atoms with Crippen LogP contribution in [0.25, 0.3) is 0 Å². The number of aldehydes is 1. The van der Waals surface area contributed by atoms with E-state index in [0.29, 0.717) is 12.3 Å². The van der Waals surface area contributed by atoms with Crippen molar-refractivity contribution in [3.05, 3.63) is 0 Å². The number of carbonyl (C=O) groups excluding carboxylic acids is 2. The molecular formula is C10H13ClO2. The molecule has 0 spiro atoms. The van der Waals surface area contributed by atoms with Crippen LogP contribution in [0.1, 0.15) is 26.2 Å². The molecule has 0 N–H and O–H groups in total. The maximum atomic E-state index is 11.7. The van der Waals surface area contributed by atoms with Gasteiger partial charge in [0.15, 0.2) is 0 Å². The number of carbonyl (C=O) groups is 2. The molecule has 0 aromatic heterocycles. The summed E-state index contributed by atoms with van der Waals surface area (Å²) in [5.74, 6) is 0.752. The van der Waals surface area contributed by atoms with Crippen LogP contribution in [0, 0.1) is 16.7 Å². The molecule has 72 valence electrons. The van der Waals surface area contributed by atoms with Gasteiger partial charge in [-0.2, -0.15) is 0 Å². The van der Waals surface area contributed by atoms with Crippen LogP contribution >= 0.6 is 11.6 Å². The first kappa shape index (κ1) is 9.20. The fourth-order valence-electron chi connectivity index (χ4n) is 3.05. The minimum Gasteiger partial charge on any atom is -0.303 e. The largest absolute Gasteiger partial charge is 0.303 e. The minimum atomic E-state index is -0.527. The van der Waals surface area contributed by atoms with Gasteiger partial charge in [-0.15, -0.1) is 11.6 Å². The van der Waals surface area contributed by atoms with Crippen molar-refractivity contribution in [2.45, 2.75) is 26.2 Å². The summed E-state index contributed by atoms with van der Waals surface area (Å²) in [6, 6.07) is 0. The van der Waals surface area contributed by atoms with Crippen LogP contribution in [-0.2, 0) is 9.59 Å². The number of rotatable bonds is 2. The van der Waals surface area contributed by atoms with E-state index in [2.05, 4.69) is 0 Å². The van der Waals surface area contributed by atoms with Crippen molar-refractivity contribution in [3.8, 4) is 0 Å². The third kappa shape index (κ3) is 0.804. The Kier molecular flexibility index (Phi) is 1.82. The SMILES string of the molecule is CC1(C=O)C2CCC1(CCl)C(=O)C2. The molecule has 0 heterocycles. The van der Waals surface area contributed by atoms with Gasteiger partial charge < -0.3 is 4.79 Å². The first-order valence-electron chi connectivity index (χ1n) is 4.66. The van der Waals surface area contributed by atoms with E-state index in [1.54, 1.807) is 0 Å². The zero-order valence-corrected chi connectivity index (χ0v) is 8.43. The van der Waals surface area contributed by atoms with Crippen LogP contribution in [0.4, 0.5) is 0 Å². The molecule has 2 bridgehead atoms. The molecule has 2 aliphatic rings. The van der Waals surface area contributed by atoms with Crippen molar-refractivity contribution in [2.24, 2.45) is 16.7 Å². The number of Topliss-reactive ketones (excluding diaryl/α,β-unsaturated/α-hetero) is 1. The number of halogens is 1. The zero-order chi connectivity index (χ0) is 9.69. The molecule has 3 atom stereocenters. The third-order valence-electron chi connectivity index (χ3n) is 4.24. The van der Waals surface area contributed by atoms with Gasteiger partial charge in [0.05, 0.1) is 5.41 Å². The summed E-state index contributed by atoms with van der Waals surface area (Å²) < 4.78 is 0. The average molecular weight is 201 g/mol. The van der Waals surface area contributed by atoms with Crippen LogP contribution < -0.4 is 0 Å². The van der Waals surface area contributed by atoms with Crippen LogP contribution in [0.3, 0.4) is 0 Å². The smallest absolute Gasteiger partial charge is 0.141 e. The van der Waals surface area contributed by atoms with Gasteiger partial charge in [-0.25, -0.2) is 0 Å². The maximum Gasteiger partial charge on any atom is 0.141 e. The predicted octanol–water partition coefficient (Wildman–Crippen LogP) is 1.80. The van der Waals surface area contributed by atoms with Crippen LogP contribution in [0.2, 0.25) is 0 Å². The lowest BCUT2D eigenvalue weighted by Gasteiger charge is -2.32. The highest BCUT2D eigenvalue weighted by Crippen LogP contribution is 2.63. The summed E-state index contributed by atoms with van der Waals surface area (Å²) >= 11 is 5.87. The fourth-order valence-corrected chi connectivity index (χ4v) is 3.62. The van der Waals surface area contributed by atoms with Gasteiger partial charge in [-0.1, -0.05) is 6.92 Å². The molecule has 2 saturated carbocycles. The molecule has 2 nitrogen and oxygen atoms in total. The van der Waals surface area contributed by atoms with Gasteiger partial charge >= 0.3 is 0 Å². The Bertz CT molecular complexity index is 276. The Hall–Kier alpha value is -0.370. The summed E-state index contributed by atoms with van der Waals surface area (Å²) in [5, 5.41) is 0. The Morgan fingerprint density at radius 1 is 1.69 bits per heavy atom. The molecule has 2 fully saturated rings. The first-order chi connectivity index (χ1) is 6.10. The number of fused-ring (bicyclic) bond motifs is 2. The molecule has 0 amide bonds. The fraction of sp³-hybridized carbons (Fsp3) is 0.800. The third-order valence-corrected chi connectivity index (χ3v) is 4.69. The lowest BCUT2D eigenvalue weighted by atomic mass is 9.70.